The van der Waals surface area contributed by atoms with Crippen LogP contribution in [0.3, 0.4) is 0 Å². The van der Waals surface area contributed by atoms with Crippen molar-refractivity contribution < 1.29 is 23.8 Å². The third-order valence-electron chi connectivity index (χ3n) is 3.43. The molecular formula is C11H13ClO5. The summed E-state index contributed by atoms with van der Waals surface area (Å²) in [4.78, 5) is 23.4. The molecule has 5 nitrogen and oxygen atoms in total. The molecule has 6 heteroatoms. The van der Waals surface area contributed by atoms with E-state index in [1.54, 1.807) is 13.0 Å². The molecule has 0 saturated carbocycles. The summed E-state index contributed by atoms with van der Waals surface area (Å²) in [5.74, 6) is -1.74. The molecule has 0 N–H and O–H groups in total. The van der Waals surface area contributed by atoms with Crippen molar-refractivity contribution in [1.82, 2.24) is 0 Å². The molecule has 1 aliphatic carbocycles. The predicted octanol–water partition coefficient (Wildman–Crippen LogP) is 1.00. The molecule has 0 bridgehead atoms. The van der Waals surface area contributed by atoms with Gasteiger partial charge >= 0.3 is 5.97 Å². The number of hydrogen-bond acceptors (Lipinski definition) is 5. The van der Waals surface area contributed by atoms with Crippen molar-refractivity contribution >= 4 is 22.8 Å². The van der Waals surface area contributed by atoms with Gasteiger partial charge in [-0.1, -0.05) is 6.08 Å². The molecule has 0 aromatic heterocycles. The minimum atomic E-state index is -1.31. The van der Waals surface area contributed by atoms with Crippen molar-refractivity contribution in [3.05, 3.63) is 11.6 Å². The van der Waals surface area contributed by atoms with Crippen LogP contribution in [0.4, 0.5) is 0 Å². The maximum absolute atomic E-state index is 12.0. The zero-order chi connectivity index (χ0) is 12.7. The quantitative estimate of drug-likeness (QED) is 0.548. The van der Waals surface area contributed by atoms with Gasteiger partial charge in [-0.2, -0.15) is 0 Å². The van der Waals surface area contributed by atoms with Crippen LogP contribution in [0.25, 0.3) is 0 Å². The molecule has 0 radical (unpaired) electrons. The number of rotatable bonds is 2. The normalized spacial score (nSPS) is 30.4. The number of hydrogen-bond donors (Lipinski definition) is 0. The Kier molecular flexibility index (Phi) is 3.01. The zero-order valence-electron chi connectivity index (χ0n) is 9.62. The Bertz CT molecular complexity index is 397. The van der Waals surface area contributed by atoms with E-state index in [1.165, 1.54) is 7.11 Å². The molecule has 0 aromatic carbocycles. The second-order valence-electron chi connectivity index (χ2n) is 4.16. The summed E-state index contributed by atoms with van der Waals surface area (Å²) in [7, 11) is 1.25. The topological polar surface area (TPSA) is 61.8 Å². The summed E-state index contributed by atoms with van der Waals surface area (Å²) in [5.41, 5.74) is -1.13. The molecule has 2 rings (SSSR count). The highest BCUT2D eigenvalue weighted by molar-refractivity contribution is 6.68. The van der Waals surface area contributed by atoms with Gasteiger partial charge in [0.25, 0.3) is 0 Å². The Labute approximate surface area is 104 Å². The van der Waals surface area contributed by atoms with E-state index in [9.17, 15) is 9.59 Å². The molecule has 0 amide bonds. The van der Waals surface area contributed by atoms with Crippen molar-refractivity contribution in [3.8, 4) is 0 Å². The van der Waals surface area contributed by atoms with Crippen LogP contribution in [-0.2, 0) is 23.8 Å². The zero-order valence-corrected chi connectivity index (χ0v) is 10.4. The van der Waals surface area contributed by atoms with E-state index in [0.29, 0.717) is 19.6 Å². The van der Waals surface area contributed by atoms with Crippen molar-refractivity contribution in [3.63, 3.8) is 0 Å². The number of halogens is 1. The monoisotopic (exact) mass is 260 g/mol. The Morgan fingerprint density at radius 1 is 1.41 bits per heavy atom. The highest BCUT2D eigenvalue weighted by Gasteiger charge is 2.64. The van der Waals surface area contributed by atoms with Crippen LogP contribution in [-0.4, -0.2) is 37.3 Å². The van der Waals surface area contributed by atoms with E-state index < -0.39 is 22.4 Å². The van der Waals surface area contributed by atoms with Crippen molar-refractivity contribution in [2.75, 3.05) is 20.3 Å². The van der Waals surface area contributed by atoms with E-state index in [2.05, 4.69) is 0 Å². The van der Waals surface area contributed by atoms with Crippen LogP contribution in [0.1, 0.15) is 13.3 Å². The molecule has 1 heterocycles. The van der Waals surface area contributed by atoms with Gasteiger partial charge in [0.2, 0.25) is 5.24 Å². The minimum Gasteiger partial charge on any atom is -0.468 e. The molecule has 1 atom stereocenters. The van der Waals surface area contributed by atoms with Gasteiger partial charge < -0.3 is 14.2 Å². The van der Waals surface area contributed by atoms with Gasteiger partial charge in [-0.25, -0.2) is 0 Å². The average Bonchev–Trinajstić information content (AvgIpc) is 2.87. The van der Waals surface area contributed by atoms with Gasteiger partial charge in [-0.15, -0.1) is 0 Å². The lowest BCUT2D eigenvalue weighted by atomic mass is 9.79. The van der Waals surface area contributed by atoms with Crippen LogP contribution < -0.4 is 0 Å². The third kappa shape index (κ3) is 1.53. The number of methoxy groups -OCH3 is 1. The fourth-order valence-corrected chi connectivity index (χ4v) is 2.72. The molecule has 1 fully saturated rings. The summed E-state index contributed by atoms with van der Waals surface area (Å²) in [5, 5.41) is -0.686. The minimum absolute atomic E-state index is 0.174. The number of carbonyl (C=O) groups excluding carboxylic acids is 2. The Balaban J connectivity index is 2.47. The molecule has 0 aromatic rings. The lowest BCUT2D eigenvalue weighted by molar-refractivity contribution is -0.221. The SMILES string of the molecule is COC(=O)C1(C)C(C(=O)Cl)=CCC12OCCO2. The van der Waals surface area contributed by atoms with Gasteiger partial charge in [0, 0.05) is 12.0 Å². The molecule has 94 valence electrons. The van der Waals surface area contributed by atoms with E-state index in [0.717, 1.165) is 0 Å². The average molecular weight is 261 g/mol. The highest BCUT2D eigenvalue weighted by Crippen LogP contribution is 2.52. The van der Waals surface area contributed by atoms with Crippen molar-refractivity contribution in [2.45, 2.75) is 19.1 Å². The second kappa shape index (κ2) is 4.08. The molecule has 2 aliphatic rings. The number of ether oxygens (including phenoxy) is 3. The first-order valence-electron chi connectivity index (χ1n) is 5.25. The molecule has 1 aliphatic heterocycles. The largest absolute Gasteiger partial charge is 0.468 e. The molecule has 1 unspecified atom stereocenters. The van der Waals surface area contributed by atoms with E-state index >= 15 is 0 Å². The number of carbonyl (C=O) groups is 2. The summed E-state index contributed by atoms with van der Waals surface area (Å²) >= 11 is 5.51. The van der Waals surface area contributed by atoms with Crippen LogP contribution in [0.5, 0.6) is 0 Å². The van der Waals surface area contributed by atoms with Crippen LogP contribution in [0.2, 0.25) is 0 Å². The first-order chi connectivity index (χ1) is 7.98. The number of esters is 1. The fourth-order valence-electron chi connectivity index (χ4n) is 2.46. The smallest absolute Gasteiger partial charge is 0.321 e. The van der Waals surface area contributed by atoms with Gasteiger partial charge in [-0.05, 0) is 18.5 Å². The maximum atomic E-state index is 12.0. The first kappa shape index (κ1) is 12.5. The van der Waals surface area contributed by atoms with E-state index in [1.807, 2.05) is 0 Å². The van der Waals surface area contributed by atoms with E-state index in [-0.39, 0.29) is 5.57 Å². The summed E-state index contributed by atoms with van der Waals surface area (Å²) in [6.07, 6.45) is 1.89. The van der Waals surface area contributed by atoms with Crippen LogP contribution >= 0.6 is 11.6 Å². The third-order valence-corrected chi connectivity index (χ3v) is 3.64. The summed E-state index contributed by atoms with van der Waals surface area (Å²) < 4.78 is 15.8. The Hall–Kier alpha value is -0.910. The Morgan fingerprint density at radius 3 is 2.47 bits per heavy atom. The standard InChI is InChI=1S/C11H13ClO5/c1-10(9(14)15-2)7(8(12)13)3-4-11(10)16-5-6-17-11/h3H,4-6H2,1-2H3. The second-order valence-corrected chi connectivity index (χ2v) is 4.51. The van der Waals surface area contributed by atoms with E-state index in [4.69, 9.17) is 25.8 Å². The lowest BCUT2D eigenvalue weighted by Crippen LogP contribution is -2.51. The van der Waals surface area contributed by atoms with Gasteiger partial charge in [0.05, 0.1) is 20.3 Å². The lowest BCUT2D eigenvalue weighted by Gasteiger charge is -2.37. The molecular weight excluding hydrogens is 248 g/mol. The van der Waals surface area contributed by atoms with Gasteiger partial charge in [0.1, 0.15) is 5.41 Å². The Morgan fingerprint density at radius 2 is 2.00 bits per heavy atom. The molecule has 1 saturated heterocycles. The fraction of sp³-hybridized carbons (Fsp3) is 0.636. The van der Waals surface area contributed by atoms with Crippen LogP contribution in [0.15, 0.2) is 11.6 Å². The molecule has 17 heavy (non-hydrogen) atoms. The van der Waals surface area contributed by atoms with Crippen molar-refractivity contribution in [1.29, 1.82) is 0 Å². The molecule has 1 spiro atoms. The summed E-state index contributed by atoms with van der Waals surface area (Å²) in [6, 6.07) is 0. The van der Waals surface area contributed by atoms with Crippen LogP contribution in [0, 0.1) is 5.41 Å². The van der Waals surface area contributed by atoms with Gasteiger partial charge in [0.15, 0.2) is 5.79 Å². The summed E-state index contributed by atoms with van der Waals surface area (Å²) in [6.45, 7) is 2.32. The first-order valence-corrected chi connectivity index (χ1v) is 5.62. The van der Waals surface area contributed by atoms with Crippen molar-refractivity contribution in [2.24, 2.45) is 5.41 Å². The highest BCUT2D eigenvalue weighted by atomic mass is 35.5. The maximum Gasteiger partial charge on any atom is 0.321 e. The van der Waals surface area contributed by atoms with Gasteiger partial charge in [-0.3, -0.25) is 9.59 Å². The predicted molar refractivity (Wildman–Crippen MR) is 58.3 cm³/mol.